The van der Waals surface area contributed by atoms with Gasteiger partial charge in [0.25, 0.3) is 0 Å². The molecule has 4 aromatic rings. The van der Waals surface area contributed by atoms with E-state index in [9.17, 15) is 4.79 Å². The van der Waals surface area contributed by atoms with Crippen molar-refractivity contribution in [1.82, 2.24) is 20.1 Å². The van der Waals surface area contributed by atoms with E-state index in [4.69, 9.17) is 9.15 Å². The first-order valence-corrected chi connectivity index (χ1v) is 8.92. The molecule has 0 saturated carbocycles. The summed E-state index contributed by atoms with van der Waals surface area (Å²) in [6.07, 6.45) is 5.01. The molecular weight excluding hydrogens is 356 g/mol. The Morgan fingerprint density at radius 1 is 1.25 bits per heavy atom. The number of rotatable bonds is 6. The molecule has 0 aliphatic heterocycles. The summed E-state index contributed by atoms with van der Waals surface area (Å²) >= 11 is 0. The van der Waals surface area contributed by atoms with Crippen LogP contribution in [0.15, 0.2) is 65.8 Å². The number of methoxy groups -OCH3 is 1. The molecule has 7 nitrogen and oxygen atoms in total. The molecule has 0 fully saturated rings. The molecule has 1 atom stereocenters. The van der Waals surface area contributed by atoms with Gasteiger partial charge < -0.3 is 14.5 Å². The first-order valence-electron chi connectivity index (χ1n) is 8.92. The van der Waals surface area contributed by atoms with Crippen LogP contribution in [0, 0.1) is 0 Å². The van der Waals surface area contributed by atoms with Crippen LogP contribution >= 0.6 is 0 Å². The maximum atomic E-state index is 12.5. The van der Waals surface area contributed by atoms with Crippen LogP contribution in [0.1, 0.15) is 24.1 Å². The summed E-state index contributed by atoms with van der Waals surface area (Å²) in [4.78, 5) is 16.5. The molecule has 0 saturated heterocycles. The molecular formula is C21H20N4O3. The van der Waals surface area contributed by atoms with Gasteiger partial charge in [0.15, 0.2) is 0 Å². The summed E-state index contributed by atoms with van der Waals surface area (Å²) in [5.74, 6) is 0.659. The third-order valence-corrected chi connectivity index (χ3v) is 4.67. The van der Waals surface area contributed by atoms with Crippen LogP contribution in [0.25, 0.3) is 16.7 Å². The van der Waals surface area contributed by atoms with Crippen LogP contribution in [0.2, 0.25) is 0 Å². The molecule has 1 N–H and O–H groups in total. The van der Waals surface area contributed by atoms with Crippen LogP contribution in [0.4, 0.5) is 0 Å². The zero-order valence-corrected chi connectivity index (χ0v) is 15.6. The van der Waals surface area contributed by atoms with E-state index in [-0.39, 0.29) is 18.4 Å². The molecule has 0 spiro atoms. The van der Waals surface area contributed by atoms with Crippen LogP contribution < -0.4 is 10.1 Å². The standard InChI is InChI=1S/C21H20N4O3/c1-14(15-3-5-17(6-4-15)25-13-22-12-23-25)24-21(26)9-16-11-28-20-10-18(27-2)7-8-19(16)20/h3-8,10-14H,9H2,1-2H3,(H,24,26)/t14-/m0/s1. The molecule has 1 amide bonds. The minimum atomic E-state index is -0.115. The number of hydrogen-bond acceptors (Lipinski definition) is 5. The average Bonchev–Trinajstić information content (AvgIpc) is 3.38. The SMILES string of the molecule is COc1ccc2c(CC(=O)N[C@@H](C)c3ccc(-n4cncn4)cc3)coc2c1. The van der Waals surface area contributed by atoms with Crippen LogP contribution in [-0.4, -0.2) is 27.8 Å². The number of carbonyl (C=O) groups is 1. The minimum Gasteiger partial charge on any atom is -0.497 e. The third-order valence-electron chi connectivity index (χ3n) is 4.67. The lowest BCUT2D eigenvalue weighted by atomic mass is 10.1. The predicted molar refractivity (Wildman–Crippen MR) is 104 cm³/mol. The maximum absolute atomic E-state index is 12.5. The lowest BCUT2D eigenvalue weighted by molar-refractivity contribution is -0.121. The number of amides is 1. The Balaban J connectivity index is 1.42. The van der Waals surface area contributed by atoms with Gasteiger partial charge in [-0.15, -0.1) is 0 Å². The van der Waals surface area contributed by atoms with Crippen molar-refractivity contribution in [2.45, 2.75) is 19.4 Å². The van der Waals surface area contributed by atoms with Crippen molar-refractivity contribution in [3.05, 3.63) is 72.5 Å². The molecule has 2 aromatic heterocycles. The second kappa shape index (κ2) is 7.56. The summed E-state index contributed by atoms with van der Waals surface area (Å²) in [6, 6.07) is 13.3. The summed E-state index contributed by atoms with van der Waals surface area (Å²) in [6.45, 7) is 1.96. The van der Waals surface area contributed by atoms with Gasteiger partial charge in [0.2, 0.25) is 5.91 Å². The number of fused-ring (bicyclic) bond motifs is 1. The maximum Gasteiger partial charge on any atom is 0.225 e. The van der Waals surface area contributed by atoms with Gasteiger partial charge in [-0.05, 0) is 36.8 Å². The van der Waals surface area contributed by atoms with Crippen molar-refractivity contribution in [3.8, 4) is 11.4 Å². The number of carbonyl (C=O) groups excluding carboxylic acids is 1. The number of hydrogen-bond donors (Lipinski definition) is 1. The molecule has 2 heterocycles. The first-order chi connectivity index (χ1) is 13.6. The Labute approximate surface area is 161 Å². The second-order valence-corrected chi connectivity index (χ2v) is 6.52. The largest absolute Gasteiger partial charge is 0.497 e. The molecule has 0 aliphatic carbocycles. The fourth-order valence-electron chi connectivity index (χ4n) is 3.13. The third kappa shape index (κ3) is 3.59. The normalized spacial score (nSPS) is 12.1. The average molecular weight is 376 g/mol. The van der Waals surface area contributed by atoms with E-state index in [1.165, 1.54) is 6.33 Å². The van der Waals surface area contributed by atoms with Crippen molar-refractivity contribution in [1.29, 1.82) is 0 Å². The highest BCUT2D eigenvalue weighted by Crippen LogP contribution is 2.26. The van der Waals surface area contributed by atoms with E-state index < -0.39 is 0 Å². The number of furan rings is 1. The van der Waals surface area contributed by atoms with Crippen molar-refractivity contribution in [2.24, 2.45) is 0 Å². The molecule has 142 valence electrons. The van der Waals surface area contributed by atoms with Gasteiger partial charge in [-0.2, -0.15) is 5.10 Å². The van der Waals surface area contributed by atoms with Gasteiger partial charge in [0.05, 0.1) is 31.5 Å². The van der Waals surface area contributed by atoms with E-state index in [0.717, 1.165) is 28.0 Å². The van der Waals surface area contributed by atoms with E-state index in [0.29, 0.717) is 5.58 Å². The Bertz CT molecular complexity index is 1080. The van der Waals surface area contributed by atoms with Crippen molar-refractivity contribution in [2.75, 3.05) is 7.11 Å². The lowest BCUT2D eigenvalue weighted by Crippen LogP contribution is -2.28. The fraction of sp³-hybridized carbons (Fsp3) is 0.190. The highest BCUT2D eigenvalue weighted by atomic mass is 16.5. The van der Waals surface area contributed by atoms with E-state index in [1.807, 2.05) is 49.4 Å². The molecule has 0 aliphatic rings. The van der Waals surface area contributed by atoms with Crippen molar-refractivity contribution in [3.63, 3.8) is 0 Å². The lowest BCUT2D eigenvalue weighted by Gasteiger charge is -2.14. The summed E-state index contributed by atoms with van der Waals surface area (Å²) < 4.78 is 12.4. The first kappa shape index (κ1) is 17.8. The molecule has 0 radical (unpaired) electrons. The highest BCUT2D eigenvalue weighted by molar-refractivity contribution is 5.88. The van der Waals surface area contributed by atoms with Gasteiger partial charge in [-0.3, -0.25) is 4.79 Å². The number of aromatic nitrogens is 3. The molecule has 0 unspecified atom stereocenters. The van der Waals surface area contributed by atoms with Gasteiger partial charge in [0, 0.05) is 17.0 Å². The molecule has 28 heavy (non-hydrogen) atoms. The number of ether oxygens (including phenoxy) is 1. The van der Waals surface area contributed by atoms with Gasteiger partial charge in [-0.1, -0.05) is 12.1 Å². The molecule has 0 bridgehead atoms. The minimum absolute atomic E-state index is 0.0635. The summed E-state index contributed by atoms with van der Waals surface area (Å²) in [5.41, 5.74) is 3.49. The Morgan fingerprint density at radius 3 is 2.79 bits per heavy atom. The van der Waals surface area contributed by atoms with Crippen LogP contribution in [0.3, 0.4) is 0 Å². The number of nitrogens with zero attached hydrogens (tertiary/aromatic N) is 3. The van der Waals surface area contributed by atoms with Gasteiger partial charge in [-0.25, -0.2) is 9.67 Å². The number of nitrogens with one attached hydrogen (secondary N) is 1. The van der Waals surface area contributed by atoms with E-state index in [1.54, 1.807) is 24.4 Å². The molecule has 4 rings (SSSR count). The van der Waals surface area contributed by atoms with Crippen LogP contribution in [0.5, 0.6) is 5.75 Å². The van der Waals surface area contributed by atoms with Crippen molar-refractivity contribution < 1.29 is 13.9 Å². The van der Waals surface area contributed by atoms with Gasteiger partial charge in [0.1, 0.15) is 24.0 Å². The van der Waals surface area contributed by atoms with E-state index in [2.05, 4.69) is 15.4 Å². The molecule has 2 aromatic carbocycles. The zero-order valence-electron chi connectivity index (χ0n) is 15.6. The summed E-state index contributed by atoms with van der Waals surface area (Å²) in [5, 5.41) is 8.06. The Morgan fingerprint density at radius 2 is 2.07 bits per heavy atom. The topological polar surface area (TPSA) is 82.2 Å². The van der Waals surface area contributed by atoms with E-state index >= 15 is 0 Å². The smallest absolute Gasteiger partial charge is 0.225 e. The van der Waals surface area contributed by atoms with Gasteiger partial charge >= 0.3 is 0 Å². The fourth-order valence-corrected chi connectivity index (χ4v) is 3.13. The Kier molecular flexibility index (Phi) is 4.80. The van der Waals surface area contributed by atoms with Crippen LogP contribution in [-0.2, 0) is 11.2 Å². The predicted octanol–water partition coefficient (Wildman–Crippen LogP) is 3.44. The Hall–Kier alpha value is -3.61. The monoisotopic (exact) mass is 376 g/mol. The molecule has 7 heteroatoms. The summed E-state index contributed by atoms with van der Waals surface area (Å²) in [7, 11) is 1.61. The second-order valence-electron chi connectivity index (χ2n) is 6.52. The van der Waals surface area contributed by atoms with Crippen molar-refractivity contribution >= 4 is 16.9 Å². The highest BCUT2D eigenvalue weighted by Gasteiger charge is 2.14. The quantitative estimate of drug-likeness (QED) is 0.557. The number of benzene rings is 2. The zero-order chi connectivity index (χ0) is 19.5.